The van der Waals surface area contributed by atoms with E-state index in [0.717, 1.165) is 32.1 Å². The second kappa shape index (κ2) is 10.5. The molecule has 2 aromatic rings. The first kappa shape index (κ1) is 24.3. The number of amides is 1. The molecule has 0 atom stereocenters. The van der Waals surface area contributed by atoms with Crippen molar-refractivity contribution in [2.45, 2.75) is 43.0 Å². The highest BCUT2D eigenvalue weighted by atomic mass is 79.9. The van der Waals surface area contributed by atoms with Gasteiger partial charge in [-0.15, -0.1) is 0 Å². The first-order chi connectivity index (χ1) is 14.7. The molecule has 0 aliphatic heterocycles. The van der Waals surface area contributed by atoms with E-state index in [1.165, 1.54) is 22.5 Å². The van der Waals surface area contributed by atoms with Gasteiger partial charge in [0, 0.05) is 23.8 Å². The van der Waals surface area contributed by atoms with Gasteiger partial charge in [-0.2, -0.15) is 4.31 Å². The predicted octanol–water partition coefficient (Wildman–Crippen LogP) is 5.73. The second-order valence-electron chi connectivity index (χ2n) is 7.37. The van der Waals surface area contributed by atoms with Gasteiger partial charge in [-0.05, 0) is 65.2 Å². The van der Waals surface area contributed by atoms with Crippen molar-refractivity contribution in [1.82, 2.24) is 4.31 Å². The van der Waals surface area contributed by atoms with E-state index in [-0.39, 0.29) is 22.6 Å². The molecule has 1 saturated carbocycles. The molecule has 1 aliphatic rings. The first-order valence-electron chi connectivity index (χ1n) is 9.84. The molecule has 0 unspecified atom stereocenters. The zero-order valence-corrected chi connectivity index (χ0v) is 20.8. The number of rotatable bonds is 7. The lowest BCUT2D eigenvalue weighted by Gasteiger charge is -2.30. The number of nitrogens with zero attached hydrogens (tertiary/aromatic N) is 1. The van der Waals surface area contributed by atoms with Crippen LogP contribution in [0.1, 0.15) is 32.1 Å². The zero-order valence-electron chi connectivity index (χ0n) is 16.9. The van der Waals surface area contributed by atoms with Gasteiger partial charge in [0.15, 0.2) is 12.4 Å². The van der Waals surface area contributed by atoms with Gasteiger partial charge in [0.1, 0.15) is 0 Å². The van der Waals surface area contributed by atoms with Crippen molar-refractivity contribution in [3.63, 3.8) is 0 Å². The Balaban J connectivity index is 1.60. The van der Waals surface area contributed by atoms with E-state index in [1.54, 1.807) is 25.2 Å². The van der Waals surface area contributed by atoms with Gasteiger partial charge < -0.3 is 10.1 Å². The average molecular weight is 550 g/mol. The number of hydrogen-bond donors (Lipinski definition) is 1. The van der Waals surface area contributed by atoms with Gasteiger partial charge in [-0.3, -0.25) is 4.79 Å². The van der Waals surface area contributed by atoms with E-state index >= 15 is 0 Å². The minimum absolute atomic E-state index is 0.0364. The van der Waals surface area contributed by atoms with Crippen LogP contribution in [0.2, 0.25) is 10.0 Å². The lowest BCUT2D eigenvalue weighted by molar-refractivity contribution is -0.118. The summed E-state index contributed by atoms with van der Waals surface area (Å²) < 4.78 is 33.3. The van der Waals surface area contributed by atoms with Crippen LogP contribution in [0.25, 0.3) is 0 Å². The largest absolute Gasteiger partial charge is 0.481 e. The Bertz CT molecular complexity index is 1020. The Morgan fingerprint density at radius 3 is 2.42 bits per heavy atom. The van der Waals surface area contributed by atoms with Crippen LogP contribution in [0.5, 0.6) is 5.75 Å². The van der Waals surface area contributed by atoms with Crippen molar-refractivity contribution in [3.8, 4) is 5.75 Å². The Morgan fingerprint density at radius 2 is 1.81 bits per heavy atom. The Kier molecular flexibility index (Phi) is 8.26. The van der Waals surface area contributed by atoms with E-state index in [9.17, 15) is 13.2 Å². The number of hydrogen-bond acceptors (Lipinski definition) is 4. The lowest BCUT2D eigenvalue weighted by atomic mass is 9.96. The lowest BCUT2D eigenvalue weighted by Crippen LogP contribution is -2.38. The van der Waals surface area contributed by atoms with Gasteiger partial charge in [0.05, 0.1) is 14.4 Å². The maximum absolute atomic E-state index is 12.9. The molecule has 0 aromatic heterocycles. The topological polar surface area (TPSA) is 75.7 Å². The third-order valence-electron chi connectivity index (χ3n) is 5.21. The van der Waals surface area contributed by atoms with Crippen LogP contribution in [0, 0.1) is 0 Å². The minimum Gasteiger partial charge on any atom is -0.481 e. The fourth-order valence-corrected chi connectivity index (χ4v) is 6.30. The molecular weight excluding hydrogens is 527 g/mol. The fourth-order valence-electron chi connectivity index (χ4n) is 3.52. The molecule has 0 radical (unpaired) electrons. The molecule has 0 spiro atoms. The Morgan fingerprint density at radius 1 is 1.16 bits per heavy atom. The maximum Gasteiger partial charge on any atom is 0.262 e. The van der Waals surface area contributed by atoms with E-state index in [0.29, 0.717) is 20.9 Å². The summed E-state index contributed by atoms with van der Waals surface area (Å²) in [6.07, 6.45) is 5.03. The Labute approximate surface area is 201 Å². The standard InChI is InChI=1S/C21H23BrCl2N2O4S/c1-26(16-5-3-2-4-6-16)31(28,29)17-9-7-15(8-10-17)25-20(27)13-30-21-18(22)11-14(23)12-19(21)24/h7-12,16H,2-6,13H2,1H3,(H,25,27). The summed E-state index contributed by atoms with van der Waals surface area (Å²) in [5.41, 5.74) is 0.467. The number of anilines is 1. The average Bonchev–Trinajstić information content (AvgIpc) is 2.73. The molecule has 2 aromatic carbocycles. The van der Waals surface area contributed by atoms with Gasteiger partial charge in [0.25, 0.3) is 5.91 Å². The summed E-state index contributed by atoms with van der Waals surface area (Å²) in [7, 11) is -1.94. The third kappa shape index (κ3) is 6.14. The van der Waals surface area contributed by atoms with Crippen molar-refractivity contribution in [1.29, 1.82) is 0 Å². The van der Waals surface area contributed by atoms with Crippen molar-refractivity contribution >= 4 is 60.7 Å². The molecule has 168 valence electrons. The summed E-state index contributed by atoms with van der Waals surface area (Å²) in [6, 6.07) is 9.29. The zero-order chi connectivity index (χ0) is 22.6. The smallest absolute Gasteiger partial charge is 0.262 e. The number of nitrogens with one attached hydrogen (secondary N) is 1. The van der Waals surface area contributed by atoms with E-state index in [1.807, 2.05) is 0 Å². The number of benzene rings is 2. The number of carbonyl (C=O) groups is 1. The molecule has 31 heavy (non-hydrogen) atoms. The number of ether oxygens (including phenoxy) is 1. The second-order valence-corrected chi connectivity index (χ2v) is 11.1. The Hall–Kier alpha value is -1.32. The van der Waals surface area contributed by atoms with Crippen LogP contribution in [0.3, 0.4) is 0 Å². The van der Waals surface area contributed by atoms with Crippen LogP contribution in [-0.2, 0) is 14.8 Å². The van der Waals surface area contributed by atoms with E-state index < -0.39 is 15.9 Å². The molecule has 6 nitrogen and oxygen atoms in total. The van der Waals surface area contributed by atoms with Crippen molar-refractivity contribution < 1.29 is 17.9 Å². The molecular formula is C21H23BrCl2N2O4S. The van der Waals surface area contributed by atoms with E-state index in [4.69, 9.17) is 27.9 Å². The highest BCUT2D eigenvalue weighted by Gasteiger charge is 2.28. The normalized spacial score (nSPS) is 15.1. The summed E-state index contributed by atoms with van der Waals surface area (Å²) >= 11 is 15.3. The molecule has 0 bridgehead atoms. The van der Waals surface area contributed by atoms with Gasteiger partial charge >= 0.3 is 0 Å². The predicted molar refractivity (Wildman–Crippen MR) is 127 cm³/mol. The molecule has 3 rings (SSSR count). The molecule has 1 amide bonds. The summed E-state index contributed by atoms with van der Waals surface area (Å²) in [6.45, 7) is -0.273. The third-order valence-corrected chi connectivity index (χ3v) is 8.23. The quantitative estimate of drug-likeness (QED) is 0.478. The summed E-state index contributed by atoms with van der Waals surface area (Å²) in [5.74, 6) is -0.0961. The van der Waals surface area contributed by atoms with E-state index in [2.05, 4.69) is 21.2 Å². The molecule has 1 N–H and O–H groups in total. The monoisotopic (exact) mass is 548 g/mol. The highest BCUT2D eigenvalue weighted by Crippen LogP contribution is 2.36. The van der Waals surface area contributed by atoms with Crippen LogP contribution in [-0.4, -0.2) is 38.3 Å². The molecule has 0 heterocycles. The highest BCUT2D eigenvalue weighted by molar-refractivity contribution is 9.10. The molecule has 1 aliphatic carbocycles. The van der Waals surface area contributed by atoms with Crippen molar-refractivity contribution in [3.05, 3.63) is 50.9 Å². The van der Waals surface area contributed by atoms with Crippen LogP contribution < -0.4 is 10.1 Å². The fraction of sp³-hybridized carbons (Fsp3) is 0.381. The van der Waals surface area contributed by atoms with Crippen LogP contribution >= 0.6 is 39.1 Å². The number of carbonyl (C=O) groups excluding carboxylic acids is 1. The van der Waals surface area contributed by atoms with Crippen LogP contribution in [0.15, 0.2) is 45.8 Å². The molecule has 0 saturated heterocycles. The summed E-state index contributed by atoms with van der Waals surface area (Å²) in [5, 5.41) is 3.40. The van der Waals surface area contributed by atoms with Gasteiger partial charge in [0.2, 0.25) is 10.0 Å². The van der Waals surface area contributed by atoms with Crippen molar-refractivity contribution in [2.75, 3.05) is 19.0 Å². The SMILES string of the molecule is CN(C1CCCCC1)S(=O)(=O)c1ccc(NC(=O)COc2c(Cl)cc(Cl)cc2Br)cc1. The molecule has 1 fully saturated rings. The van der Waals surface area contributed by atoms with Gasteiger partial charge in [-0.1, -0.05) is 42.5 Å². The first-order valence-corrected chi connectivity index (χ1v) is 12.8. The van der Waals surface area contributed by atoms with Crippen LogP contribution in [0.4, 0.5) is 5.69 Å². The summed E-state index contributed by atoms with van der Waals surface area (Å²) in [4.78, 5) is 12.4. The number of sulfonamides is 1. The minimum atomic E-state index is -3.58. The van der Waals surface area contributed by atoms with Crippen molar-refractivity contribution in [2.24, 2.45) is 0 Å². The maximum atomic E-state index is 12.9. The molecule has 10 heteroatoms. The number of halogens is 3. The van der Waals surface area contributed by atoms with Gasteiger partial charge in [-0.25, -0.2) is 8.42 Å².